The van der Waals surface area contributed by atoms with E-state index < -0.39 is 0 Å². The topological polar surface area (TPSA) is 24.1 Å². The molecule has 0 radical (unpaired) electrons. The predicted octanol–water partition coefficient (Wildman–Crippen LogP) is 3.97. The second-order valence-corrected chi connectivity index (χ2v) is 5.05. The van der Waals surface area contributed by atoms with Crippen LogP contribution in [0.4, 0.5) is 0 Å². The van der Waals surface area contributed by atoms with E-state index in [0.717, 1.165) is 31.8 Å². The Kier molecular flexibility index (Phi) is 10.4. The van der Waals surface area contributed by atoms with Gasteiger partial charge in [-0.25, -0.2) is 0 Å². The Morgan fingerprint density at radius 3 is 2.55 bits per heavy atom. The van der Waals surface area contributed by atoms with Gasteiger partial charge in [0.2, 0.25) is 0 Å². The normalized spacial score (nSPS) is 13.8. The lowest BCUT2D eigenvalue weighted by Gasteiger charge is -2.16. The summed E-state index contributed by atoms with van der Waals surface area (Å²) >= 11 is 0. The van der Waals surface area contributed by atoms with Gasteiger partial charge in [0, 0.05) is 25.3 Å². The van der Waals surface area contributed by atoms with Crippen LogP contribution < -0.4 is 10.6 Å². The van der Waals surface area contributed by atoms with Crippen LogP contribution in [0.1, 0.15) is 27.2 Å². The summed E-state index contributed by atoms with van der Waals surface area (Å²) in [6.45, 7) is 20.5. The average Bonchev–Trinajstić information content (AvgIpc) is 2.44. The molecule has 1 unspecified atom stereocenters. The maximum absolute atomic E-state index is 3.97. The van der Waals surface area contributed by atoms with Gasteiger partial charge in [-0.3, -0.25) is 0 Å². The third-order valence-electron chi connectivity index (χ3n) is 3.14. The van der Waals surface area contributed by atoms with Crippen LogP contribution in [0.25, 0.3) is 0 Å². The Bertz CT molecular complexity index is 375. The van der Waals surface area contributed by atoms with Crippen molar-refractivity contribution in [3.05, 3.63) is 60.9 Å². The maximum Gasteiger partial charge on any atom is 0.0348 e. The summed E-state index contributed by atoms with van der Waals surface area (Å²) in [6, 6.07) is 0. The molecule has 112 valence electrons. The summed E-state index contributed by atoms with van der Waals surface area (Å²) in [5.74, 6) is 0.446. The van der Waals surface area contributed by atoms with Gasteiger partial charge in [-0.2, -0.15) is 0 Å². The highest BCUT2D eigenvalue weighted by Crippen LogP contribution is 2.15. The molecule has 2 heteroatoms. The largest absolute Gasteiger partial charge is 0.384 e. The van der Waals surface area contributed by atoms with Crippen molar-refractivity contribution in [2.45, 2.75) is 27.2 Å². The zero-order valence-electron chi connectivity index (χ0n) is 13.3. The van der Waals surface area contributed by atoms with Gasteiger partial charge in [-0.05, 0) is 24.8 Å². The molecule has 0 saturated carbocycles. The van der Waals surface area contributed by atoms with Crippen LogP contribution in [-0.2, 0) is 0 Å². The maximum atomic E-state index is 3.97. The van der Waals surface area contributed by atoms with E-state index in [9.17, 15) is 0 Å². The minimum Gasteiger partial charge on any atom is -0.384 e. The lowest BCUT2D eigenvalue weighted by Crippen LogP contribution is -2.28. The van der Waals surface area contributed by atoms with Crippen molar-refractivity contribution in [2.24, 2.45) is 5.92 Å². The molecule has 0 aromatic carbocycles. The van der Waals surface area contributed by atoms with E-state index >= 15 is 0 Å². The standard InChI is InChI=1S/C18H30N2/c1-7-10-18(12-15(4)9-3)16(5)13-19-14-17(6)20-11-8-2/h7-8,10,12,16,19-20H,1-2,6,9,11,13-14H2,3-5H3/b15-12+,18-10+. The average molecular weight is 274 g/mol. The van der Waals surface area contributed by atoms with Crippen LogP contribution in [0.5, 0.6) is 0 Å². The van der Waals surface area contributed by atoms with Crippen molar-refractivity contribution in [2.75, 3.05) is 19.6 Å². The molecule has 20 heavy (non-hydrogen) atoms. The molecule has 0 amide bonds. The van der Waals surface area contributed by atoms with E-state index in [1.165, 1.54) is 11.1 Å². The van der Waals surface area contributed by atoms with E-state index in [2.05, 4.69) is 63.3 Å². The predicted molar refractivity (Wildman–Crippen MR) is 91.7 cm³/mol. The number of allylic oxidation sites excluding steroid dienone is 4. The summed E-state index contributed by atoms with van der Waals surface area (Å²) in [6.07, 6.45) is 9.12. The zero-order chi connectivity index (χ0) is 15.4. The van der Waals surface area contributed by atoms with Gasteiger partial charge < -0.3 is 10.6 Å². The molecule has 0 saturated heterocycles. The molecular formula is C18H30N2. The van der Waals surface area contributed by atoms with Gasteiger partial charge in [0.25, 0.3) is 0 Å². The zero-order valence-corrected chi connectivity index (χ0v) is 13.3. The minimum atomic E-state index is 0.446. The van der Waals surface area contributed by atoms with Crippen LogP contribution in [0.3, 0.4) is 0 Å². The van der Waals surface area contributed by atoms with E-state index in [-0.39, 0.29) is 0 Å². The van der Waals surface area contributed by atoms with E-state index in [1.807, 2.05) is 12.2 Å². The summed E-state index contributed by atoms with van der Waals surface area (Å²) in [4.78, 5) is 0. The van der Waals surface area contributed by atoms with Crippen LogP contribution >= 0.6 is 0 Å². The SMILES string of the molecule is C=C/C=C(\C=C(/C)CC)C(C)CNCC(=C)NCC=C. The molecule has 2 nitrogen and oxygen atoms in total. The lowest BCUT2D eigenvalue weighted by molar-refractivity contribution is 0.591. The molecule has 0 aromatic heterocycles. The van der Waals surface area contributed by atoms with Crippen LogP contribution in [0.2, 0.25) is 0 Å². The number of hydrogen-bond donors (Lipinski definition) is 2. The minimum absolute atomic E-state index is 0.446. The molecular weight excluding hydrogens is 244 g/mol. The Labute approximate surface area is 125 Å². The van der Waals surface area contributed by atoms with Gasteiger partial charge in [-0.1, -0.05) is 56.9 Å². The first-order valence-corrected chi connectivity index (χ1v) is 7.28. The van der Waals surface area contributed by atoms with Crippen molar-refractivity contribution in [1.82, 2.24) is 10.6 Å². The van der Waals surface area contributed by atoms with E-state index in [0.29, 0.717) is 5.92 Å². The fourth-order valence-corrected chi connectivity index (χ4v) is 1.71. The third kappa shape index (κ3) is 8.54. The summed E-state index contributed by atoms with van der Waals surface area (Å²) in [7, 11) is 0. The molecule has 0 bridgehead atoms. The highest BCUT2D eigenvalue weighted by atomic mass is 14.9. The highest BCUT2D eigenvalue weighted by molar-refractivity contribution is 5.28. The first kappa shape index (κ1) is 18.5. The van der Waals surface area contributed by atoms with Crippen molar-refractivity contribution in [3.8, 4) is 0 Å². The fraction of sp³-hybridized carbons (Fsp3) is 0.444. The van der Waals surface area contributed by atoms with Crippen molar-refractivity contribution in [1.29, 1.82) is 0 Å². The quantitative estimate of drug-likeness (QED) is 0.440. The summed E-state index contributed by atoms with van der Waals surface area (Å²) in [5.41, 5.74) is 3.70. The molecule has 0 aromatic rings. The molecule has 0 aliphatic carbocycles. The Morgan fingerprint density at radius 2 is 2.00 bits per heavy atom. The van der Waals surface area contributed by atoms with Crippen molar-refractivity contribution < 1.29 is 0 Å². The number of hydrogen-bond acceptors (Lipinski definition) is 2. The molecule has 0 rings (SSSR count). The van der Waals surface area contributed by atoms with E-state index in [4.69, 9.17) is 0 Å². The fourth-order valence-electron chi connectivity index (χ4n) is 1.71. The Morgan fingerprint density at radius 1 is 1.30 bits per heavy atom. The van der Waals surface area contributed by atoms with Crippen LogP contribution in [0, 0.1) is 5.92 Å². The number of nitrogens with one attached hydrogen (secondary N) is 2. The van der Waals surface area contributed by atoms with Gasteiger partial charge in [0.15, 0.2) is 0 Å². The van der Waals surface area contributed by atoms with Crippen LogP contribution in [0.15, 0.2) is 60.9 Å². The van der Waals surface area contributed by atoms with E-state index in [1.54, 1.807) is 0 Å². The molecule has 0 spiro atoms. The first-order chi connectivity index (χ1) is 9.54. The first-order valence-electron chi connectivity index (χ1n) is 7.28. The summed E-state index contributed by atoms with van der Waals surface area (Å²) in [5, 5.41) is 6.61. The Balaban J connectivity index is 4.31. The highest BCUT2D eigenvalue weighted by Gasteiger charge is 2.06. The molecule has 0 fully saturated rings. The second kappa shape index (κ2) is 11.3. The molecule has 0 aliphatic rings. The van der Waals surface area contributed by atoms with Gasteiger partial charge in [0.05, 0.1) is 0 Å². The smallest absolute Gasteiger partial charge is 0.0348 e. The molecule has 0 aliphatic heterocycles. The van der Waals surface area contributed by atoms with Crippen molar-refractivity contribution in [3.63, 3.8) is 0 Å². The summed E-state index contributed by atoms with van der Waals surface area (Å²) < 4.78 is 0. The van der Waals surface area contributed by atoms with Crippen LogP contribution in [-0.4, -0.2) is 19.6 Å². The Hall–Kier alpha value is -1.54. The van der Waals surface area contributed by atoms with Crippen molar-refractivity contribution >= 4 is 0 Å². The lowest BCUT2D eigenvalue weighted by atomic mass is 9.97. The molecule has 0 heterocycles. The monoisotopic (exact) mass is 274 g/mol. The van der Waals surface area contributed by atoms with Gasteiger partial charge in [-0.15, -0.1) is 6.58 Å². The van der Waals surface area contributed by atoms with Gasteiger partial charge in [0.1, 0.15) is 0 Å². The molecule has 1 atom stereocenters. The van der Waals surface area contributed by atoms with Gasteiger partial charge >= 0.3 is 0 Å². The number of rotatable bonds is 11. The molecule has 2 N–H and O–H groups in total. The second-order valence-electron chi connectivity index (χ2n) is 5.05. The third-order valence-corrected chi connectivity index (χ3v) is 3.14.